The van der Waals surface area contributed by atoms with Gasteiger partial charge < -0.3 is 15.2 Å². The molecule has 0 heterocycles. The minimum absolute atomic E-state index is 0.621. The minimum Gasteiger partial charge on any atom is -0.496 e. The Balaban J connectivity index is 2.88. The van der Waals surface area contributed by atoms with E-state index in [4.69, 9.17) is 15.2 Å². The molecule has 2 N–H and O–H groups in total. The fourth-order valence-electron chi connectivity index (χ4n) is 1.74. The van der Waals surface area contributed by atoms with E-state index in [-0.39, 0.29) is 0 Å². The van der Waals surface area contributed by atoms with E-state index in [2.05, 4.69) is 6.92 Å². The van der Waals surface area contributed by atoms with Crippen LogP contribution in [0.1, 0.15) is 30.9 Å². The van der Waals surface area contributed by atoms with E-state index in [9.17, 15) is 0 Å². The molecule has 0 bridgehead atoms. The van der Waals surface area contributed by atoms with Gasteiger partial charge in [-0.1, -0.05) is 13.3 Å². The van der Waals surface area contributed by atoms with Crippen LogP contribution in [0, 0.1) is 6.92 Å². The van der Waals surface area contributed by atoms with Crippen molar-refractivity contribution in [2.45, 2.75) is 33.1 Å². The second-order valence-corrected chi connectivity index (χ2v) is 4.17. The van der Waals surface area contributed by atoms with Gasteiger partial charge in [0.25, 0.3) is 0 Å². The third kappa shape index (κ3) is 3.93. The highest BCUT2D eigenvalue weighted by Crippen LogP contribution is 2.28. The van der Waals surface area contributed by atoms with Gasteiger partial charge in [0, 0.05) is 0 Å². The number of hydrogen-bond donors (Lipinski definition) is 1. The fraction of sp³-hybridized carbons (Fsp3) is 0.571. The van der Waals surface area contributed by atoms with Gasteiger partial charge in [-0.2, -0.15) is 0 Å². The van der Waals surface area contributed by atoms with Gasteiger partial charge in [0.15, 0.2) is 0 Å². The predicted octanol–water partition coefficient (Wildman–Crippen LogP) is 2.68. The summed E-state index contributed by atoms with van der Waals surface area (Å²) in [5.74, 6) is 1.85. The molecule has 0 radical (unpaired) electrons. The van der Waals surface area contributed by atoms with Crippen LogP contribution in [-0.2, 0) is 6.42 Å². The van der Waals surface area contributed by atoms with E-state index in [1.165, 1.54) is 0 Å². The van der Waals surface area contributed by atoms with Crippen LogP contribution in [0.25, 0.3) is 0 Å². The highest BCUT2D eigenvalue weighted by molar-refractivity contribution is 5.46. The normalized spacial score (nSPS) is 10.4. The van der Waals surface area contributed by atoms with E-state index >= 15 is 0 Å². The minimum atomic E-state index is 0.621. The van der Waals surface area contributed by atoms with Crippen LogP contribution in [0.2, 0.25) is 0 Å². The van der Waals surface area contributed by atoms with E-state index in [0.29, 0.717) is 6.54 Å². The van der Waals surface area contributed by atoms with Gasteiger partial charge in [-0.25, -0.2) is 0 Å². The summed E-state index contributed by atoms with van der Waals surface area (Å²) in [7, 11) is 1.69. The lowest BCUT2D eigenvalue weighted by Gasteiger charge is -2.14. The number of nitrogens with two attached hydrogens (primary N) is 1. The van der Waals surface area contributed by atoms with Crippen LogP contribution in [0.15, 0.2) is 12.1 Å². The van der Waals surface area contributed by atoms with Gasteiger partial charge in [0.05, 0.1) is 13.7 Å². The number of unbranched alkanes of at least 4 members (excludes halogenated alkanes) is 1. The number of methoxy groups -OCH3 is 1. The molecule has 0 fully saturated rings. The molecule has 3 nitrogen and oxygen atoms in total. The predicted molar refractivity (Wildman–Crippen MR) is 70.9 cm³/mol. The maximum Gasteiger partial charge on any atom is 0.123 e. The zero-order chi connectivity index (χ0) is 12.7. The van der Waals surface area contributed by atoms with Crippen molar-refractivity contribution in [2.24, 2.45) is 5.73 Å². The van der Waals surface area contributed by atoms with Crippen LogP contribution in [-0.4, -0.2) is 20.3 Å². The standard InChI is InChI=1S/C14H23NO2/c1-4-5-8-17-14-9-11(2)13(16-3)10-12(14)6-7-15/h9-10H,4-8,15H2,1-3H3. The monoisotopic (exact) mass is 237 g/mol. The van der Waals surface area contributed by atoms with Crippen molar-refractivity contribution in [1.82, 2.24) is 0 Å². The van der Waals surface area contributed by atoms with Crippen molar-refractivity contribution < 1.29 is 9.47 Å². The van der Waals surface area contributed by atoms with Crippen molar-refractivity contribution in [3.8, 4) is 11.5 Å². The Morgan fingerprint density at radius 1 is 1.24 bits per heavy atom. The SMILES string of the molecule is CCCCOc1cc(C)c(OC)cc1CCN. The first-order valence-electron chi connectivity index (χ1n) is 6.23. The quantitative estimate of drug-likeness (QED) is 0.741. The molecule has 0 spiro atoms. The summed E-state index contributed by atoms with van der Waals surface area (Å²) in [6.45, 7) is 5.57. The maximum absolute atomic E-state index is 5.80. The van der Waals surface area contributed by atoms with Crippen LogP contribution in [0.4, 0.5) is 0 Å². The Morgan fingerprint density at radius 3 is 2.59 bits per heavy atom. The van der Waals surface area contributed by atoms with Gasteiger partial charge >= 0.3 is 0 Å². The van der Waals surface area contributed by atoms with Gasteiger partial charge in [0.1, 0.15) is 11.5 Å². The third-order valence-electron chi connectivity index (χ3n) is 2.75. The highest BCUT2D eigenvalue weighted by atomic mass is 16.5. The number of hydrogen-bond acceptors (Lipinski definition) is 3. The van der Waals surface area contributed by atoms with Crippen LogP contribution >= 0.6 is 0 Å². The first-order chi connectivity index (χ1) is 8.22. The van der Waals surface area contributed by atoms with E-state index in [0.717, 1.165) is 48.5 Å². The molecular formula is C14H23NO2. The zero-order valence-electron chi connectivity index (χ0n) is 11.1. The average molecular weight is 237 g/mol. The van der Waals surface area contributed by atoms with E-state index in [1.807, 2.05) is 19.1 Å². The van der Waals surface area contributed by atoms with Crippen molar-refractivity contribution in [2.75, 3.05) is 20.3 Å². The molecule has 0 aromatic heterocycles. The smallest absolute Gasteiger partial charge is 0.123 e. The molecule has 1 aromatic carbocycles. The Labute approximate surface area is 104 Å². The summed E-state index contributed by atoms with van der Waals surface area (Å²) in [5, 5.41) is 0. The Bertz CT molecular complexity index is 350. The topological polar surface area (TPSA) is 44.5 Å². The number of benzene rings is 1. The Kier molecular flexibility index (Phi) is 5.84. The van der Waals surface area contributed by atoms with Gasteiger partial charge in [0.2, 0.25) is 0 Å². The second kappa shape index (κ2) is 7.17. The molecule has 0 saturated heterocycles. The second-order valence-electron chi connectivity index (χ2n) is 4.17. The third-order valence-corrected chi connectivity index (χ3v) is 2.75. The lowest BCUT2D eigenvalue weighted by atomic mass is 10.1. The first kappa shape index (κ1) is 13.8. The number of aryl methyl sites for hydroxylation is 1. The fourth-order valence-corrected chi connectivity index (χ4v) is 1.74. The molecule has 96 valence electrons. The summed E-state index contributed by atoms with van der Waals surface area (Å²) < 4.78 is 11.1. The molecule has 0 aliphatic carbocycles. The van der Waals surface area contributed by atoms with Crippen molar-refractivity contribution in [3.05, 3.63) is 23.3 Å². The van der Waals surface area contributed by atoms with Crippen molar-refractivity contribution in [3.63, 3.8) is 0 Å². The van der Waals surface area contributed by atoms with Crippen LogP contribution in [0.5, 0.6) is 11.5 Å². The Morgan fingerprint density at radius 2 is 2.00 bits per heavy atom. The summed E-state index contributed by atoms with van der Waals surface area (Å²) in [6, 6.07) is 4.07. The number of rotatable bonds is 7. The molecule has 1 rings (SSSR count). The Hall–Kier alpha value is -1.22. The molecule has 0 unspecified atom stereocenters. The van der Waals surface area contributed by atoms with E-state index in [1.54, 1.807) is 7.11 Å². The van der Waals surface area contributed by atoms with Gasteiger partial charge in [-0.15, -0.1) is 0 Å². The summed E-state index contributed by atoms with van der Waals surface area (Å²) in [5.41, 5.74) is 7.85. The molecule has 1 aromatic rings. The molecule has 0 aliphatic rings. The summed E-state index contributed by atoms with van der Waals surface area (Å²) in [6.07, 6.45) is 3.03. The van der Waals surface area contributed by atoms with Crippen LogP contribution in [0.3, 0.4) is 0 Å². The lowest BCUT2D eigenvalue weighted by Crippen LogP contribution is -2.07. The molecule has 3 heteroatoms. The van der Waals surface area contributed by atoms with Crippen LogP contribution < -0.4 is 15.2 Å². The van der Waals surface area contributed by atoms with Gasteiger partial charge in [-0.3, -0.25) is 0 Å². The van der Waals surface area contributed by atoms with E-state index < -0.39 is 0 Å². The van der Waals surface area contributed by atoms with Gasteiger partial charge in [-0.05, 0) is 49.6 Å². The largest absolute Gasteiger partial charge is 0.496 e. The average Bonchev–Trinajstić information content (AvgIpc) is 2.32. The lowest BCUT2D eigenvalue weighted by molar-refractivity contribution is 0.305. The molecular weight excluding hydrogens is 214 g/mol. The zero-order valence-corrected chi connectivity index (χ0v) is 11.1. The van der Waals surface area contributed by atoms with Crippen molar-refractivity contribution in [1.29, 1.82) is 0 Å². The highest BCUT2D eigenvalue weighted by Gasteiger charge is 2.08. The summed E-state index contributed by atoms with van der Waals surface area (Å²) >= 11 is 0. The molecule has 0 saturated carbocycles. The van der Waals surface area contributed by atoms with Crippen molar-refractivity contribution >= 4 is 0 Å². The molecule has 0 atom stereocenters. The molecule has 0 aliphatic heterocycles. The summed E-state index contributed by atoms with van der Waals surface area (Å²) in [4.78, 5) is 0. The first-order valence-corrected chi connectivity index (χ1v) is 6.23. The molecule has 0 amide bonds. The molecule has 17 heavy (non-hydrogen) atoms. The maximum atomic E-state index is 5.80. The number of ether oxygens (including phenoxy) is 2.